The first-order chi connectivity index (χ1) is 8.93. The highest BCUT2D eigenvalue weighted by molar-refractivity contribution is 7.80. The van der Waals surface area contributed by atoms with Crippen LogP contribution >= 0.6 is 12.6 Å². The molecular weight excluding hydrogens is 278 g/mol. The summed E-state index contributed by atoms with van der Waals surface area (Å²) in [5.41, 5.74) is -1.04. The van der Waals surface area contributed by atoms with E-state index in [0.717, 1.165) is 0 Å². The van der Waals surface area contributed by atoms with Gasteiger partial charge in [0, 0.05) is 6.54 Å². The second-order valence-electron chi connectivity index (χ2n) is 6.72. The Morgan fingerprint density at radius 2 is 1.55 bits per heavy atom. The molecule has 5 nitrogen and oxygen atoms in total. The van der Waals surface area contributed by atoms with Crippen LogP contribution < -0.4 is 5.32 Å². The summed E-state index contributed by atoms with van der Waals surface area (Å²) in [5.74, 6) is 0.109. The zero-order chi connectivity index (χ0) is 16.0. The predicted molar refractivity (Wildman–Crippen MR) is 82.0 cm³/mol. The van der Waals surface area contributed by atoms with Gasteiger partial charge in [-0.25, -0.2) is 4.79 Å². The van der Waals surface area contributed by atoms with Crippen molar-refractivity contribution >= 4 is 24.7 Å². The van der Waals surface area contributed by atoms with Crippen LogP contribution in [0.4, 0.5) is 4.79 Å². The van der Waals surface area contributed by atoms with Crippen molar-refractivity contribution in [3.63, 3.8) is 0 Å². The van der Waals surface area contributed by atoms with Gasteiger partial charge in [0.05, 0.1) is 6.42 Å². The smallest absolute Gasteiger partial charge is 0.407 e. The van der Waals surface area contributed by atoms with Gasteiger partial charge in [-0.3, -0.25) is 4.79 Å². The fraction of sp³-hybridized carbons (Fsp3) is 0.857. The van der Waals surface area contributed by atoms with Crippen molar-refractivity contribution in [2.75, 3.05) is 12.3 Å². The first kappa shape index (κ1) is 19.1. The van der Waals surface area contributed by atoms with E-state index in [4.69, 9.17) is 9.47 Å². The monoisotopic (exact) mass is 305 g/mol. The summed E-state index contributed by atoms with van der Waals surface area (Å²) in [6.45, 7) is 11.2. The van der Waals surface area contributed by atoms with Crippen LogP contribution in [0.3, 0.4) is 0 Å². The van der Waals surface area contributed by atoms with Gasteiger partial charge in [-0.15, -0.1) is 0 Å². The van der Waals surface area contributed by atoms with Gasteiger partial charge in [-0.05, 0) is 53.2 Å². The van der Waals surface area contributed by atoms with Gasteiger partial charge in [0.2, 0.25) is 0 Å². The molecule has 0 aromatic carbocycles. The third kappa shape index (κ3) is 11.0. The van der Waals surface area contributed by atoms with E-state index in [9.17, 15) is 9.59 Å². The van der Waals surface area contributed by atoms with Crippen LogP contribution in [0.2, 0.25) is 0 Å². The molecule has 1 amide bonds. The first-order valence-corrected chi connectivity index (χ1v) is 7.36. The van der Waals surface area contributed by atoms with Crippen LogP contribution in [0, 0.1) is 5.92 Å². The lowest BCUT2D eigenvalue weighted by Gasteiger charge is -2.23. The number of thiol groups is 1. The molecule has 0 heterocycles. The number of hydrogen-bond donors (Lipinski definition) is 2. The van der Waals surface area contributed by atoms with Crippen molar-refractivity contribution < 1.29 is 19.1 Å². The molecule has 1 unspecified atom stereocenters. The molecule has 0 aliphatic heterocycles. The van der Waals surface area contributed by atoms with Crippen molar-refractivity contribution in [2.24, 2.45) is 5.92 Å². The second kappa shape index (κ2) is 7.76. The summed E-state index contributed by atoms with van der Waals surface area (Å²) in [4.78, 5) is 23.2. The largest absolute Gasteiger partial charge is 0.460 e. The van der Waals surface area contributed by atoms with Gasteiger partial charge < -0.3 is 14.8 Å². The molecule has 1 N–H and O–H groups in total. The maximum Gasteiger partial charge on any atom is 0.407 e. The molecule has 20 heavy (non-hydrogen) atoms. The predicted octanol–water partition coefficient (Wildman–Crippen LogP) is 2.79. The molecule has 6 heteroatoms. The number of rotatable bonds is 5. The highest BCUT2D eigenvalue weighted by Crippen LogP contribution is 2.13. The average molecular weight is 305 g/mol. The molecule has 0 aliphatic rings. The molecule has 1 atom stereocenters. The number of ether oxygens (including phenoxy) is 2. The van der Waals surface area contributed by atoms with Gasteiger partial charge in [-0.2, -0.15) is 12.6 Å². The molecule has 0 aromatic heterocycles. The lowest BCUT2D eigenvalue weighted by atomic mass is 10.1. The molecular formula is C14H27NO4S. The maximum absolute atomic E-state index is 11.7. The maximum atomic E-state index is 11.7. The number of hydrogen-bond acceptors (Lipinski definition) is 5. The van der Waals surface area contributed by atoms with E-state index in [-0.39, 0.29) is 18.3 Å². The normalized spacial score (nSPS) is 13.6. The van der Waals surface area contributed by atoms with Crippen LogP contribution in [-0.2, 0) is 14.3 Å². The molecule has 0 spiro atoms. The van der Waals surface area contributed by atoms with Crippen molar-refractivity contribution in [3.05, 3.63) is 0 Å². The average Bonchev–Trinajstić information content (AvgIpc) is 2.18. The minimum absolute atomic E-state index is 0.0827. The number of carbonyl (C=O) groups excluding carboxylic acids is 2. The Morgan fingerprint density at radius 1 is 1.05 bits per heavy atom. The highest BCUT2D eigenvalue weighted by Gasteiger charge is 2.21. The standard InChI is InChI=1S/C14H27NO4S/c1-13(2,3)18-11(16)7-10(9-20)8-15-12(17)19-14(4,5)6/h10,20H,7-9H2,1-6H3,(H,15,17). The molecule has 0 bridgehead atoms. The molecule has 0 fully saturated rings. The number of amides is 1. The van der Waals surface area contributed by atoms with Crippen LogP contribution in [-0.4, -0.2) is 35.6 Å². The Morgan fingerprint density at radius 3 is 1.95 bits per heavy atom. The van der Waals surface area contributed by atoms with E-state index in [0.29, 0.717) is 12.3 Å². The van der Waals surface area contributed by atoms with Gasteiger partial charge >= 0.3 is 12.1 Å². The number of esters is 1. The SMILES string of the molecule is CC(C)(C)OC(=O)CC(CS)CNC(=O)OC(C)(C)C. The zero-order valence-electron chi connectivity index (χ0n) is 13.3. The van der Waals surface area contributed by atoms with Crippen molar-refractivity contribution in [2.45, 2.75) is 59.2 Å². The minimum Gasteiger partial charge on any atom is -0.460 e. The van der Waals surface area contributed by atoms with Gasteiger partial charge in [0.1, 0.15) is 11.2 Å². The number of alkyl carbamates (subject to hydrolysis) is 1. The van der Waals surface area contributed by atoms with E-state index in [1.54, 1.807) is 20.8 Å². The summed E-state index contributed by atoms with van der Waals surface area (Å²) < 4.78 is 10.4. The molecule has 0 radical (unpaired) electrons. The summed E-state index contributed by atoms with van der Waals surface area (Å²) in [6, 6.07) is 0. The molecule has 0 aromatic rings. The lowest BCUT2D eigenvalue weighted by molar-refractivity contribution is -0.155. The van der Waals surface area contributed by atoms with Crippen molar-refractivity contribution in [1.29, 1.82) is 0 Å². The Labute approximate surface area is 127 Å². The lowest BCUT2D eigenvalue weighted by Crippen LogP contribution is -2.36. The fourth-order valence-corrected chi connectivity index (χ4v) is 1.62. The zero-order valence-corrected chi connectivity index (χ0v) is 14.2. The topological polar surface area (TPSA) is 64.6 Å². The Balaban J connectivity index is 4.17. The molecule has 118 valence electrons. The van der Waals surface area contributed by atoms with Gasteiger partial charge in [-0.1, -0.05) is 0 Å². The molecule has 0 saturated heterocycles. The van der Waals surface area contributed by atoms with Crippen LogP contribution in [0.25, 0.3) is 0 Å². The van der Waals surface area contributed by atoms with E-state index in [1.165, 1.54) is 0 Å². The van der Waals surface area contributed by atoms with E-state index in [2.05, 4.69) is 17.9 Å². The third-order valence-electron chi connectivity index (χ3n) is 2.07. The number of nitrogens with one attached hydrogen (secondary N) is 1. The van der Waals surface area contributed by atoms with Crippen molar-refractivity contribution in [1.82, 2.24) is 5.32 Å². The molecule has 0 saturated carbocycles. The van der Waals surface area contributed by atoms with Crippen LogP contribution in [0.15, 0.2) is 0 Å². The molecule has 0 rings (SSSR count). The van der Waals surface area contributed by atoms with E-state index < -0.39 is 17.3 Å². The van der Waals surface area contributed by atoms with Gasteiger partial charge in [0.25, 0.3) is 0 Å². The fourth-order valence-electron chi connectivity index (χ4n) is 1.36. The summed E-state index contributed by atoms with van der Waals surface area (Å²) in [5, 5.41) is 2.64. The number of carbonyl (C=O) groups is 2. The highest BCUT2D eigenvalue weighted by atomic mass is 32.1. The minimum atomic E-state index is -0.536. The second-order valence-corrected chi connectivity index (χ2v) is 7.09. The third-order valence-corrected chi connectivity index (χ3v) is 2.58. The summed E-state index contributed by atoms with van der Waals surface area (Å²) in [7, 11) is 0. The summed E-state index contributed by atoms with van der Waals surface area (Å²) in [6.07, 6.45) is -0.273. The quantitative estimate of drug-likeness (QED) is 0.605. The van der Waals surface area contributed by atoms with Crippen LogP contribution in [0.1, 0.15) is 48.0 Å². The summed E-state index contributed by atoms with van der Waals surface area (Å²) >= 11 is 4.19. The Bertz CT molecular complexity index is 331. The molecule has 0 aliphatic carbocycles. The van der Waals surface area contributed by atoms with Gasteiger partial charge in [0.15, 0.2) is 0 Å². The van der Waals surface area contributed by atoms with E-state index >= 15 is 0 Å². The Hall–Kier alpha value is -0.910. The Kier molecular flexibility index (Phi) is 7.41. The van der Waals surface area contributed by atoms with Crippen LogP contribution in [0.5, 0.6) is 0 Å². The van der Waals surface area contributed by atoms with Crippen molar-refractivity contribution in [3.8, 4) is 0 Å². The van der Waals surface area contributed by atoms with E-state index in [1.807, 2.05) is 20.8 Å². The first-order valence-electron chi connectivity index (χ1n) is 6.72.